The van der Waals surface area contributed by atoms with E-state index in [1.54, 1.807) is 13.8 Å². The number of hydrogen-bond acceptors (Lipinski definition) is 8. The van der Waals surface area contributed by atoms with Gasteiger partial charge in [0.05, 0.1) is 21.2 Å². The smallest absolute Gasteiger partial charge is 0.296 e. The van der Waals surface area contributed by atoms with E-state index in [2.05, 4.69) is 20.0 Å². The summed E-state index contributed by atoms with van der Waals surface area (Å²) in [5, 5.41) is 11.1. The number of thiophene rings is 2. The van der Waals surface area contributed by atoms with Crippen LogP contribution in [0.4, 0.5) is 9.59 Å². The number of carbonyl (C=O) groups excluding carboxylic acids is 2. The van der Waals surface area contributed by atoms with Crippen LogP contribution in [-0.4, -0.2) is 23.6 Å². The Morgan fingerprint density at radius 3 is 1.62 bits per heavy atom. The zero-order valence-electron chi connectivity index (χ0n) is 12.8. The van der Waals surface area contributed by atoms with E-state index in [1.165, 1.54) is 22.7 Å². The first-order chi connectivity index (χ1) is 11.6. The molecule has 0 radical (unpaired) electrons. The standard InChI is InChI=1S/C14H14N4O4S2/c1-9(11-5-3-7-23-11)17-21-13(19)15-16-14(20)22-18-10(2)12-6-4-8-24-12/h3-8H,1-2H3,(H,15,19)(H,16,20)/b17-9+,18-10+. The third-order valence-corrected chi connectivity index (χ3v) is 4.51. The Kier molecular flexibility index (Phi) is 6.46. The Morgan fingerprint density at radius 2 is 1.29 bits per heavy atom. The first-order valence-electron chi connectivity index (χ1n) is 6.67. The van der Waals surface area contributed by atoms with Gasteiger partial charge in [0, 0.05) is 0 Å². The summed E-state index contributed by atoms with van der Waals surface area (Å²) >= 11 is 2.93. The molecule has 0 saturated carbocycles. The van der Waals surface area contributed by atoms with Gasteiger partial charge in [0.1, 0.15) is 0 Å². The van der Waals surface area contributed by atoms with Gasteiger partial charge < -0.3 is 0 Å². The van der Waals surface area contributed by atoms with Crippen LogP contribution < -0.4 is 10.9 Å². The SMILES string of the molecule is C/C(=N\OC(=O)NNC(=O)O/N=C(\C)c1cccs1)c1cccs1. The quantitative estimate of drug-likeness (QED) is 0.492. The van der Waals surface area contributed by atoms with Crippen LogP contribution in [0.2, 0.25) is 0 Å². The van der Waals surface area contributed by atoms with Crippen LogP contribution >= 0.6 is 22.7 Å². The monoisotopic (exact) mass is 366 g/mol. The van der Waals surface area contributed by atoms with Gasteiger partial charge in [0.2, 0.25) is 0 Å². The molecular formula is C14H14N4O4S2. The lowest BCUT2D eigenvalue weighted by Crippen LogP contribution is -2.41. The van der Waals surface area contributed by atoms with E-state index >= 15 is 0 Å². The highest BCUT2D eigenvalue weighted by molar-refractivity contribution is 7.12. The van der Waals surface area contributed by atoms with Gasteiger partial charge in [0.15, 0.2) is 0 Å². The molecule has 2 amide bonds. The molecule has 0 bridgehead atoms. The van der Waals surface area contributed by atoms with Gasteiger partial charge in [-0.25, -0.2) is 20.4 Å². The van der Waals surface area contributed by atoms with Crippen LogP contribution in [0.25, 0.3) is 0 Å². The van der Waals surface area contributed by atoms with Crippen LogP contribution in [-0.2, 0) is 9.68 Å². The molecule has 0 unspecified atom stereocenters. The second-order valence-electron chi connectivity index (χ2n) is 4.32. The molecule has 126 valence electrons. The van der Waals surface area contributed by atoms with Crippen LogP contribution in [0.15, 0.2) is 45.3 Å². The highest BCUT2D eigenvalue weighted by Crippen LogP contribution is 2.10. The average Bonchev–Trinajstić information content (AvgIpc) is 3.28. The second-order valence-corrected chi connectivity index (χ2v) is 6.21. The van der Waals surface area contributed by atoms with Crippen molar-refractivity contribution < 1.29 is 19.3 Å². The van der Waals surface area contributed by atoms with Gasteiger partial charge in [-0.05, 0) is 36.7 Å². The van der Waals surface area contributed by atoms with Crippen LogP contribution in [0.3, 0.4) is 0 Å². The molecule has 0 spiro atoms. The summed E-state index contributed by atoms with van der Waals surface area (Å²) in [6.07, 6.45) is -1.91. The molecule has 0 aliphatic heterocycles. The van der Waals surface area contributed by atoms with Gasteiger partial charge in [-0.3, -0.25) is 9.68 Å². The number of nitrogens with one attached hydrogen (secondary N) is 2. The Bertz CT molecular complexity index is 675. The number of rotatable bonds is 4. The highest BCUT2D eigenvalue weighted by Gasteiger charge is 2.08. The van der Waals surface area contributed by atoms with Crippen molar-refractivity contribution in [3.63, 3.8) is 0 Å². The fourth-order valence-electron chi connectivity index (χ4n) is 1.43. The molecule has 24 heavy (non-hydrogen) atoms. The van der Waals surface area contributed by atoms with Gasteiger partial charge in [-0.15, -0.1) is 22.7 Å². The van der Waals surface area contributed by atoms with Gasteiger partial charge in [-0.2, -0.15) is 0 Å². The van der Waals surface area contributed by atoms with Crippen molar-refractivity contribution in [2.24, 2.45) is 10.3 Å². The largest absolute Gasteiger partial charge is 0.452 e. The minimum atomic E-state index is -0.957. The third-order valence-electron chi connectivity index (χ3n) is 2.55. The molecule has 2 heterocycles. The Balaban J connectivity index is 1.72. The van der Waals surface area contributed by atoms with Crippen molar-refractivity contribution in [3.8, 4) is 0 Å². The maximum absolute atomic E-state index is 11.4. The average molecular weight is 366 g/mol. The fourth-order valence-corrected chi connectivity index (χ4v) is 2.76. The Morgan fingerprint density at radius 1 is 0.875 bits per heavy atom. The topological polar surface area (TPSA) is 101 Å². The highest BCUT2D eigenvalue weighted by atomic mass is 32.1. The molecule has 10 heteroatoms. The minimum Gasteiger partial charge on any atom is -0.296 e. The summed E-state index contributed by atoms with van der Waals surface area (Å²) in [5.74, 6) is 0. The van der Waals surface area contributed by atoms with Crippen molar-refractivity contribution in [1.82, 2.24) is 10.9 Å². The van der Waals surface area contributed by atoms with E-state index in [4.69, 9.17) is 0 Å². The molecular weight excluding hydrogens is 352 g/mol. The maximum Gasteiger partial charge on any atom is 0.452 e. The van der Waals surface area contributed by atoms with Crippen molar-refractivity contribution in [1.29, 1.82) is 0 Å². The molecule has 0 aromatic carbocycles. The van der Waals surface area contributed by atoms with E-state index in [0.29, 0.717) is 11.4 Å². The first-order valence-corrected chi connectivity index (χ1v) is 8.43. The van der Waals surface area contributed by atoms with Gasteiger partial charge in [-0.1, -0.05) is 22.4 Å². The maximum atomic E-state index is 11.4. The normalized spacial score (nSPS) is 11.8. The Hall–Kier alpha value is -2.72. The lowest BCUT2D eigenvalue weighted by atomic mass is 10.3. The molecule has 0 atom stereocenters. The summed E-state index contributed by atoms with van der Waals surface area (Å²) < 4.78 is 0. The zero-order valence-corrected chi connectivity index (χ0v) is 14.4. The number of oxime groups is 2. The molecule has 2 rings (SSSR count). The lowest BCUT2D eigenvalue weighted by Gasteiger charge is -2.04. The molecule has 0 fully saturated rings. The van der Waals surface area contributed by atoms with Crippen LogP contribution in [0.5, 0.6) is 0 Å². The van der Waals surface area contributed by atoms with E-state index in [-0.39, 0.29) is 0 Å². The fraction of sp³-hybridized carbons (Fsp3) is 0.143. The van der Waals surface area contributed by atoms with E-state index in [9.17, 15) is 9.59 Å². The first kappa shape index (κ1) is 17.6. The van der Waals surface area contributed by atoms with Crippen molar-refractivity contribution >= 4 is 46.3 Å². The number of amides is 2. The lowest BCUT2D eigenvalue weighted by molar-refractivity contribution is 0.128. The molecule has 2 aromatic heterocycles. The number of hydrogen-bond donors (Lipinski definition) is 2. The number of hydrazine groups is 1. The van der Waals surface area contributed by atoms with E-state index in [0.717, 1.165) is 9.75 Å². The molecule has 2 N–H and O–H groups in total. The summed E-state index contributed by atoms with van der Waals surface area (Å²) in [6, 6.07) is 7.40. The Labute approximate surface area is 145 Å². The summed E-state index contributed by atoms with van der Waals surface area (Å²) in [4.78, 5) is 33.8. The third kappa shape index (κ3) is 5.48. The van der Waals surface area contributed by atoms with Crippen molar-refractivity contribution in [2.75, 3.05) is 0 Å². The second kappa shape index (κ2) is 8.79. The van der Waals surface area contributed by atoms with E-state index in [1.807, 2.05) is 45.9 Å². The summed E-state index contributed by atoms with van der Waals surface area (Å²) in [7, 11) is 0. The predicted molar refractivity (Wildman–Crippen MR) is 92.3 cm³/mol. The predicted octanol–water partition coefficient (Wildman–Crippen LogP) is 3.33. The van der Waals surface area contributed by atoms with Gasteiger partial charge >= 0.3 is 12.2 Å². The molecule has 0 aliphatic carbocycles. The van der Waals surface area contributed by atoms with E-state index < -0.39 is 12.2 Å². The van der Waals surface area contributed by atoms with Crippen molar-refractivity contribution in [3.05, 3.63) is 44.8 Å². The van der Waals surface area contributed by atoms with Crippen molar-refractivity contribution in [2.45, 2.75) is 13.8 Å². The molecule has 0 saturated heterocycles. The zero-order chi connectivity index (χ0) is 17.4. The number of carbonyl (C=O) groups is 2. The van der Waals surface area contributed by atoms with Crippen LogP contribution in [0, 0.1) is 0 Å². The molecule has 0 aliphatic rings. The molecule has 8 nitrogen and oxygen atoms in total. The summed E-state index contributed by atoms with van der Waals surface area (Å²) in [5.41, 5.74) is 5.05. The molecule has 2 aromatic rings. The minimum absolute atomic E-state index is 0.541. The van der Waals surface area contributed by atoms with Crippen LogP contribution in [0.1, 0.15) is 23.6 Å². The summed E-state index contributed by atoms with van der Waals surface area (Å²) in [6.45, 7) is 3.39. The number of nitrogens with zero attached hydrogens (tertiary/aromatic N) is 2. The van der Waals surface area contributed by atoms with Gasteiger partial charge in [0.25, 0.3) is 0 Å².